The minimum atomic E-state index is 0.229. The van der Waals surface area contributed by atoms with Gasteiger partial charge in [-0.1, -0.05) is 26.8 Å². The number of piperidine rings is 1. The minimum absolute atomic E-state index is 0.229. The first kappa shape index (κ1) is 13.8. The molecule has 1 saturated heterocycles. The van der Waals surface area contributed by atoms with Crippen molar-refractivity contribution in [3.05, 3.63) is 11.8 Å². The van der Waals surface area contributed by atoms with Crippen LogP contribution in [0.25, 0.3) is 0 Å². The Morgan fingerprint density at radius 1 is 1.14 bits per heavy atom. The van der Waals surface area contributed by atoms with Crippen LogP contribution in [0, 0.1) is 34.5 Å². The third-order valence-electron chi connectivity index (χ3n) is 8.08. The fraction of sp³-hybridized carbons (Fsp3) is 0.842. The van der Waals surface area contributed by atoms with Crippen molar-refractivity contribution in [1.82, 2.24) is 5.32 Å². The highest BCUT2D eigenvalue weighted by atomic mass is 16.1. The number of rotatable bonds is 0. The van der Waals surface area contributed by atoms with Crippen LogP contribution in [0.2, 0.25) is 0 Å². The second-order valence-electron chi connectivity index (χ2n) is 8.72. The number of allylic oxidation sites excluding steroid dienone is 2. The van der Waals surface area contributed by atoms with E-state index in [1.165, 1.54) is 37.8 Å². The molecule has 3 aliphatic carbocycles. The van der Waals surface area contributed by atoms with Gasteiger partial charge >= 0.3 is 0 Å². The van der Waals surface area contributed by atoms with E-state index in [0.717, 1.165) is 36.5 Å². The molecule has 2 nitrogen and oxygen atoms in total. The molecule has 2 saturated carbocycles. The van der Waals surface area contributed by atoms with Crippen LogP contribution in [-0.4, -0.2) is 5.91 Å². The van der Waals surface area contributed by atoms with Gasteiger partial charge in [0.25, 0.3) is 0 Å². The first-order valence-corrected chi connectivity index (χ1v) is 8.95. The van der Waals surface area contributed by atoms with Crippen molar-refractivity contribution in [3.63, 3.8) is 0 Å². The molecule has 116 valence electrons. The van der Waals surface area contributed by atoms with E-state index in [4.69, 9.17) is 0 Å². The van der Waals surface area contributed by atoms with Crippen molar-refractivity contribution < 1.29 is 4.79 Å². The number of carbonyl (C=O) groups is 1. The molecule has 4 aliphatic rings. The molecule has 1 aliphatic heterocycles. The standard InChI is InChI=1S/C19H29NO/c1-12-4-6-14-13-5-7-16-19(3,11-9-17(21)20-16)15(13)8-10-18(12,14)2/h7,12-15H,4-6,8-11H2,1-3H3,(H,20,21)/t12-,13-,14-,15-,18+,19+/m0/s1. The average molecular weight is 287 g/mol. The lowest BCUT2D eigenvalue weighted by Gasteiger charge is -2.57. The number of carbonyl (C=O) groups excluding carboxylic acids is 1. The molecule has 0 unspecified atom stereocenters. The van der Waals surface area contributed by atoms with Crippen LogP contribution >= 0.6 is 0 Å². The van der Waals surface area contributed by atoms with Crippen LogP contribution in [0.5, 0.6) is 0 Å². The molecule has 1 amide bonds. The molecule has 0 spiro atoms. The normalized spacial score (nSPS) is 52.3. The summed E-state index contributed by atoms with van der Waals surface area (Å²) in [5.74, 6) is 3.69. The molecule has 0 radical (unpaired) electrons. The molecule has 4 rings (SSSR count). The first-order chi connectivity index (χ1) is 9.95. The van der Waals surface area contributed by atoms with Crippen molar-refractivity contribution >= 4 is 5.91 Å². The van der Waals surface area contributed by atoms with Gasteiger partial charge in [0.15, 0.2) is 0 Å². The smallest absolute Gasteiger partial charge is 0.224 e. The van der Waals surface area contributed by atoms with E-state index in [1.807, 2.05) is 0 Å². The maximum absolute atomic E-state index is 11.7. The molecular formula is C19H29NO. The van der Waals surface area contributed by atoms with Crippen LogP contribution in [0.1, 0.15) is 65.7 Å². The number of hydrogen-bond acceptors (Lipinski definition) is 1. The minimum Gasteiger partial charge on any atom is -0.330 e. The molecule has 0 aromatic heterocycles. The Hall–Kier alpha value is -0.790. The summed E-state index contributed by atoms with van der Waals surface area (Å²) in [5.41, 5.74) is 2.08. The zero-order valence-electron chi connectivity index (χ0n) is 13.7. The highest BCUT2D eigenvalue weighted by Gasteiger charge is 2.57. The lowest BCUT2D eigenvalue weighted by molar-refractivity contribution is -0.125. The highest BCUT2D eigenvalue weighted by molar-refractivity contribution is 5.79. The molecule has 3 fully saturated rings. The number of nitrogens with one attached hydrogen (secondary N) is 1. The molecule has 0 bridgehead atoms. The summed E-state index contributed by atoms with van der Waals surface area (Å²) in [4.78, 5) is 11.7. The summed E-state index contributed by atoms with van der Waals surface area (Å²) in [6.45, 7) is 7.47. The number of fused-ring (bicyclic) bond motifs is 5. The molecule has 21 heavy (non-hydrogen) atoms. The molecule has 0 aromatic carbocycles. The van der Waals surface area contributed by atoms with E-state index >= 15 is 0 Å². The maximum Gasteiger partial charge on any atom is 0.224 e. The zero-order chi connectivity index (χ0) is 14.8. The van der Waals surface area contributed by atoms with E-state index in [1.54, 1.807) is 0 Å². The van der Waals surface area contributed by atoms with Gasteiger partial charge in [-0.05, 0) is 67.6 Å². The van der Waals surface area contributed by atoms with Gasteiger partial charge < -0.3 is 5.32 Å². The topological polar surface area (TPSA) is 29.1 Å². The van der Waals surface area contributed by atoms with Crippen molar-refractivity contribution in [2.24, 2.45) is 34.5 Å². The SMILES string of the molecule is C[C@H]1CC[C@H]2[C@@H]3CC=C4NC(=O)CC[C@]4(C)[C@H]3CC[C@]12C. The van der Waals surface area contributed by atoms with E-state index in [0.29, 0.717) is 5.41 Å². The fourth-order valence-electron chi connectivity index (χ4n) is 6.46. The monoisotopic (exact) mass is 287 g/mol. The van der Waals surface area contributed by atoms with Crippen LogP contribution in [0.15, 0.2) is 11.8 Å². The van der Waals surface area contributed by atoms with Crippen molar-refractivity contribution in [2.75, 3.05) is 0 Å². The Balaban J connectivity index is 1.69. The molecular weight excluding hydrogens is 258 g/mol. The first-order valence-electron chi connectivity index (χ1n) is 8.95. The third kappa shape index (κ3) is 1.74. The predicted octanol–water partition coefficient (Wildman–Crippen LogP) is 4.27. The second-order valence-corrected chi connectivity index (χ2v) is 8.72. The Morgan fingerprint density at radius 3 is 2.76 bits per heavy atom. The maximum atomic E-state index is 11.7. The predicted molar refractivity (Wildman–Crippen MR) is 84.4 cm³/mol. The summed E-state index contributed by atoms with van der Waals surface area (Å²) in [6.07, 6.45) is 11.0. The Kier molecular flexibility index (Phi) is 2.88. The fourth-order valence-corrected chi connectivity index (χ4v) is 6.46. The van der Waals surface area contributed by atoms with Gasteiger partial charge in [-0.2, -0.15) is 0 Å². The third-order valence-corrected chi connectivity index (χ3v) is 8.08. The molecule has 6 atom stereocenters. The molecule has 1 heterocycles. The Bertz CT molecular complexity index is 510. The van der Waals surface area contributed by atoms with Gasteiger partial charge in [-0.15, -0.1) is 0 Å². The largest absolute Gasteiger partial charge is 0.330 e. The van der Waals surface area contributed by atoms with Crippen molar-refractivity contribution in [2.45, 2.75) is 65.7 Å². The summed E-state index contributed by atoms with van der Waals surface area (Å²) in [7, 11) is 0. The number of amides is 1. The summed E-state index contributed by atoms with van der Waals surface area (Å²) < 4.78 is 0. The Labute approximate surface area is 128 Å². The van der Waals surface area contributed by atoms with Gasteiger partial charge in [0, 0.05) is 17.5 Å². The van der Waals surface area contributed by atoms with Gasteiger partial charge in [0.05, 0.1) is 0 Å². The highest BCUT2D eigenvalue weighted by Crippen LogP contribution is 2.65. The van der Waals surface area contributed by atoms with E-state index in [9.17, 15) is 4.79 Å². The van der Waals surface area contributed by atoms with Gasteiger partial charge in [0.2, 0.25) is 5.91 Å². The van der Waals surface area contributed by atoms with Crippen LogP contribution in [0.3, 0.4) is 0 Å². The van der Waals surface area contributed by atoms with Crippen LogP contribution in [0.4, 0.5) is 0 Å². The molecule has 0 aromatic rings. The Morgan fingerprint density at radius 2 is 1.95 bits per heavy atom. The van der Waals surface area contributed by atoms with E-state index in [2.05, 4.69) is 32.2 Å². The summed E-state index contributed by atoms with van der Waals surface area (Å²) >= 11 is 0. The molecule has 1 N–H and O–H groups in total. The van der Waals surface area contributed by atoms with Crippen molar-refractivity contribution in [3.8, 4) is 0 Å². The lowest BCUT2D eigenvalue weighted by atomic mass is 9.49. The van der Waals surface area contributed by atoms with Gasteiger partial charge in [-0.25, -0.2) is 0 Å². The average Bonchev–Trinajstić information content (AvgIpc) is 2.76. The number of hydrogen-bond donors (Lipinski definition) is 1. The van der Waals surface area contributed by atoms with Crippen molar-refractivity contribution in [1.29, 1.82) is 0 Å². The van der Waals surface area contributed by atoms with E-state index < -0.39 is 0 Å². The summed E-state index contributed by atoms with van der Waals surface area (Å²) in [5, 5.41) is 3.19. The van der Waals surface area contributed by atoms with E-state index in [-0.39, 0.29) is 11.3 Å². The quantitative estimate of drug-likeness (QED) is 0.708. The molecule has 2 heteroatoms. The zero-order valence-corrected chi connectivity index (χ0v) is 13.7. The lowest BCUT2D eigenvalue weighted by Crippen LogP contribution is -2.53. The second kappa shape index (κ2) is 4.36. The van der Waals surface area contributed by atoms with Gasteiger partial charge in [-0.3, -0.25) is 4.79 Å². The summed E-state index contributed by atoms with van der Waals surface area (Å²) in [6, 6.07) is 0. The van der Waals surface area contributed by atoms with Gasteiger partial charge in [0.1, 0.15) is 0 Å². The van der Waals surface area contributed by atoms with Crippen LogP contribution < -0.4 is 5.32 Å². The van der Waals surface area contributed by atoms with Crippen LogP contribution in [-0.2, 0) is 4.79 Å².